The van der Waals surface area contributed by atoms with Gasteiger partial charge in [0.15, 0.2) is 0 Å². The molecule has 1 atom stereocenters. The lowest BCUT2D eigenvalue weighted by Crippen LogP contribution is -2.44. The highest BCUT2D eigenvalue weighted by molar-refractivity contribution is 6.20. The second-order valence-electron chi connectivity index (χ2n) is 8.96. The van der Waals surface area contributed by atoms with Gasteiger partial charge in [0.1, 0.15) is 17.5 Å². The molecule has 38 heavy (non-hydrogen) atoms. The van der Waals surface area contributed by atoms with Gasteiger partial charge in [-0.25, -0.2) is 9.07 Å². The van der Waals surface area contributed by atoms with E-state index in [1.54, 1.807) is 42.9 Å². The minimum absolute atomic E-state index is 0.0857. The first-order valence-electron chi connectivity index (χ1n) is 12.1. The van der Waals surface area contributed by atoms with E-state index in [-0.39, 0.29) is 17.0 Å². The Kier molecular flexibility index (Phi) is 6.55. The van der Waals surface area contributed by atoms with Crippen LogP contribution in [0.3, 0.4) is 0 Å². The Labute approximate surface area is 219 Å². The molecule has 0 spiro atoms. The van der Waals surface area contributed by atoms with E-state index in [4.69, 9.17) is 5.10 Å². The molecule has 1 aliphatic rings. The van der Waals surface area contributed by atoms with E-state index < -0.39 is 17.9 Å². The molecular weight excluding hydrogens is 479 g/mol. The number of nitrogens with zero attached hydrogens (tertiary/aromatic N) is 4. The fourth-order valence-electron chi connectivity index (χ4n) is 4.53. The number of para-hydroxylation sites is 1. The van der Waals surface area contributed by atoms with Crippen molar-refractivity contribution in [2.75, 3.05) is 0 Å². The molecule has 2 heterocycles. The molecule has 0 radical (unpaired) electrons. The summed E-state index contributed by atoms with van der Waals surface area (Å²) in [6.07, 6.45) is 3.42. The molecule has 0 saturated heterocycles. The van der Waals surface area contributed by atoms with Crippen molar-refractivity contribution >= 4 is 17.9 Å². The summed E-state index contributed by atoms with van der Waals surface area (Å²) in [7, 11) is 0. The smallest absolute Gasteiger partial charge is 0.269 e. The van der Waals surface area contributed by atoms with Gasteiger partial charge in [-0.05, 0) is 67.5 Å². The van der Waals surface area contributed by atoms with E-state index in [1.807, 2.05) is 66.7 Å². The lowest BCUT2D eigenvalue weighted by molar-refractivity contribution is -0.143. The highest BCUT2D eigenvalue weighted by Crippen LogP contribution is 2.34. The van der Waals surface area contributed by atoms with Gasteiger partial charge in [-0.1, -0.05) is 48.5 Å². The van der Waals surface area contributed by atoms with Gasteiger partial charge in [0.2, 0.25) is 0 Å². The molecule has 0 N–H and O–H groups in total. The first-order chi connectivity index (χ1) is 18.4. The fourth-order valence-corrected chi connectivity index (χ4v) is 4.53. The van der Waals surface area contributed by atoms with E-state index >= 15 is 0 Å². The third kappa shape index (κ3) is 4.44. The van der Waals surface area contributed by atoms with Gasteiger partial charge >= 0.3 is 0 Å². The highest BCUT2D eigenvalue weighted by Gasteiger charge is 2.38. The van der Waals surface area contributed by atoms with E-state index in [2.05, 4.69) is 0 Å². The van der Waals surface area contributed by atoms with E-state index in [9.17, 15) is 19.2 Å². The summed E-state index contributed by atoms with van der Waals surface area (Å²) in [6, 6.07) is 26.0. The summed E-state index contributed by atoms with van der Waals surface area (Å²) < 4.78 is 15.3. The second-order valence-corrected chi connectivity index (χ2v) is 8.96. The molecular formula is C31H23FN4O2. The molecule has 7 heteroatoms. The van der Waals surface area contributed by atoms with Crippen LogP contribution in [0, 0.1) is 17.1 Å². The molecule has 3 aromatic carbocycles. The number of hydrogen-bond donors (Lipinski definition) is 0. The average Bonchev–Trinajstić information content (AvgIpc) is 3.36. The number of carbonyl (C=O) groups is 2. The maximum Gasteiger partial charge on any atom is 0.272 e. The average molecular weight is 503 g/mol. The number of imide groups is 1. The van der Waals surface area contributed by atoms with Gasteiger partial charge in [-0.3, -0.25) is 14.5 Å². The summed E-state index contributed by atoms with van der Waals surface area (Å²) in [5.74, 6) is -1.50. The Morgan fingerprint density at radius 2 is 1.55 bits per heavy atom. The van der Waals surface area contributed by atoms with Crippen molar-refractivity contribution in [3.05, 3.63) is 125 Å². The van der Waals surface area contributed by atoms with Gasteiger partial charge in [0, 0.05) is 22.9 Å². The monoisotopic (exact) mass is 502 g/mol. The van der Waals surface area contributed by atoms with Crippen LogP contribution in [0.4, 0.5) is 4.39 Å². The highest BCUT2D eigenvalue weighted by atomic mass is 19.1. The lowest BCUT2D eigenvalue weighted by atomic mass is 9.91. The molecule has 1 aromatic heterocycles. The number of nitriles is 1. The van der Waals surface area contributed by atoms with Crippen LogP contribution in [-0.4, -0.2) is 26.5 Å². The van der Waals surface area contributed by atoms with Gasteiger partial charge in [-0.2, -0.15) is 10.4 Å². The second kappa shape index (κ2) is 10.1. The van der Waals surface area contributed by atoms with Crippen LogP contribution in [-0.2, 0) is 9.59 Å². The van der Waals surface area contributed by atoms with Crippen molar-refractivity contribution < 1.29 is 14.0 Å². The number of halogens is 1. The van der Waals surface area contributed by atoms with Crippen LogP contribution >= 0.6 is 0 Å². The standard InChI is InChI=1S/C31H23FN4O2/c1-20-27(30(37)36(31(38)28(20)18-33)21(2)22-9-5-3-6-10-22)17-24-19-35(26-11-7-4-8-12-26)34-29(24)23-13-15-25(32)16-14-23/h3-17,19,21H,1-2H3/b27-17+. The van der Waals surface area contributed by atoms with Gasteiger partial charge in [0.05, 0.1) is 17.4 Å². The van der Waals surface area contributed by atoms with Crippen LogP contribution in [0.1, 0.15) is 31.0 Å². The van der Waals surface area contributed by atoms with Gasteiger partial charge in [0.25, 0.3) is 11.8 Å². The van der Waals surface area contributed by atoms with Crippen LogP contribution in [0.15, 0.2) is 108 Å². The maximum atomic E-state index is 13.8. The quantitative estimate of drug-likeness (QED) is 0.247. The van der Waals surface area contributed by atoms with Crippen molar-refractivity contribution in [1.82, 2.24) is 14.7 Å². The van der Waals surface area contributed by atoms with E-state index in [1.165, 1.54) is 12.1 Å². The molecule has 5 rings (SSSR count). The molecule has 0 saturated carbocycles. The zero-order valence-electron chi connectivity index (χ0n) is 20.8. The minimum Gasteiger partial charge on any atom is -0.269 e. The predicted octanol–water partition coefficient (Wildman–Crippen LogP) is 6.03. The Morgan fingerprint density at radius 3 is 2.18 bits per heavy atom. The first kappa shape index (κ1) is 24.6. The molecule has 2 amide bonds. The molecule has 4 aromatic rings. The summed E-state index contributed by atoms with van der Waals surface area (Å²) >= 11 is 0. The number of rotatable bonds is 5. The number of hydrogen-bond acceptors (Lipinski definition) is 4. The SMILES string of the molecule is CC1=C(C#N)C(=O)N(C(C)c2ccccc2)C(=O)/C1=C/c1cn(-c2ccccc2)nc1-c1ccc(F)cc1. The Balaban J connectivity index is 1.67. The zero-order valence-corrected chi connectivity index (χ0v) is 20.8. The molecule has 6 nitrogen and oxygen atoms in total. The minimum atomic E-state index is -0.623. The Hall–Kier alpha value is -5.09. The van der Waals surface area contributed by atoms with E-state index in [0.29, 0.717) is 22.4 Å². The largest absolute Gasteiger partial charge is 0.272 e. The first-order valence-corrected chi connectivity index (χ1v) is 12.1. The predicted molar refractivity (Wildman–Crippen MR) is 142 cm³/mol. The number of amides is 2. The summed E-state index contributed by atoms with van der Waals surface area (Å²) in [5.41, 5.74) is 3.78. The molecule has 186 valence electrons. The van der Waals surface area contributed by atoms with Gasteiger partial charge < -0.3 is 0 Å². The third-order valence-corrected chi connectivity index (χ3v) is 6.62. The van der Waals surface area contributed by atoms with Crippen LogP contribution < -0.4 is 0 Å². The number of benzene rings is 3. The summed E-state index contributed by atoms with van der Waals surface area (Å²) in [6.45, 7) is 3.36. The van der Waals surface area contributed by atoms with Crippen LogP contribution in [0.5, 0.6) is 0 Å². The third-order valence-electron chi connectivity index (χ3n) is 6.62. The molecule has 0 aliphatic carbocycles. The molecule has 1 unspecified atom stereocenters. The van der Waals surface area contributed by atoms with Crippen LogP contribution in [0.25, 0.3) is 23.0 Å². The van der Waals surface area contributed by atoms with Gasteiger partial charge in [-0.15, -0.1) is 0 Å². The van der Waals surface area contributed by atoms with Crippen molar-refractivity contribution in [2.24, 2.45) is 0 Å². The van der Waals surface area contributed by atoms with Crippen molar-refractivity contribution in [3.8, 4) is 23.0 Å². The maximum absolute atomic E-state index is 13.8. The molecule has 1 aliphatic heterocycles. The topological polar surface area (TPSA) is 79.0 Å². The van der Waals surface area contributed by atoms with Crippen LogP contribution in [0.2, 0.25) is 0 Å². The Morgan fingerprint density at radius 1 is 0.921 bits per heavy atom. The molecule has 0 fully saturated rings. The zero-order chi connectivity index (χ0) is 26.8. The summed E-state index contributed by atoms with van der Waals surface area (Å²) in [4.78, 5) is 28.2. The van der Waals surface area contributed by atoms with Crippen molar-refractivity contribution in [1.29, 1.82) is 5.26 Å². The normalized spacial score (nSPS) is 15.6. The molecule has 0 bridgehead atoms. The number of aromatic nitrogens is 2. The van der Waals surface area contributed by atoms with E-state index in [0.717, 1.165) is 16.2 Å². The number of carbonyl (C=O) groups excluding carboxylic acids is 2. The Bertz CT molecular complexity index is 1630. The van der Waals surface area contributed by atoms with Crippen molar-refractivity contribution in [2.45, 2.75) is 19.9 Å². The fraction of sp³-hybridized carbons (Fsp3) is 0.0968. The van der Waals surface area contributed by atoms with Crippen molar-refractivity contribution in [3.63, 3.8) is 0 Å². The lowest BCUT2D eigenvalue weighted by Gasteiger charge is -2.32. The summed E-state index contributed by atoms with van der Waals surface area (Å²) in [5, 5.41) is 14.6.